The third kappa shape index (κ3) is 5.36. The predicted octanol–water partition coefficient (Wildman–Crippen LogP) is 1.32. The minimum absolute atomic E-state index is 0.0939. The van der Waals surface area contributed by atoms with Gasteiger partial charge in [-0.1, -0.05) is 0 Å². The van der Waals surface area contributed by atoms with E-state index in [2.05, 4.69) is 44.8 Å². The number of carbonyl (C=O) groups is 1. The minimum Gasteiger partial charge on any atom is -0.340 e. The number of hydrogen-bond acceptors (Lipinski definition) is 3. The predicted molar refractivity (Wildman–Crippen MR) is 75.7 cm³/mol. The number of rotatable bonds is 4. The summed E-state index contributed by atoms with van der Waals surface area (Å²) in [7, 11) is 0. The molecule has 1 aliphatic rings. The second kappa shape index (κ2) is 6.53. The molecule has 0 unspecified atom stereocenters. The topological polar surface area (TPSA) is 35.6 Å². The van der Waals surface area contributed by atoms with Crippen LogP contribution in [-0.2, 0) is 4.79 Å². The molecule has 1 heterocycles. The number of amides is 1. The van der Waals surface area contributed by atoms with Gasteiger partial charge < -0.3 is 10.2 Å². The quantitative estimate of drug-likeness (QED) is 0.823. The van der Waals surface area contributed by atoms with Crippen LogP contribution in [0.25, 0.3) is 0 Å². The molecule has 0 bridgehead atoms. The minimum atomic E-state index is 0.0939. The van der Waals surface area contributed by atoms with Gasteiger partial charge in [-0.3, -0.25) is 9.69 Å². The van der Waals surface area contributed by atoms with E-state index in [4.69, 9.17) is 0 Å². The Morgan fingerprint density at radius 2 is 1.72 bits per heavy atom. The maximum atomic E-state index is 12.0. The van der Waals surface area contributed by atoms with Gasteiger partial charge in [-0.05, 0) is 34.6 Å². The monoisotopic (exact) mass is 255 g/mol. The van der Waals surface area contributed by atoms with Gasteiger partial charge in [0.1, 0.15) is 0 Å². The molecule has 1 aliphatic heterocycles. The van der Waals surface area contributed by atoms with Gasteiger partial charge in [0.25, 0.3) is 0 Å². The van der Waals surface area contributed by atoms with E-state index in [0.29, 0.717) is 12.5 Å². The van der Waals surface area contributed by atoms with Crippen LogP contribution in [0.1, 0.15) is 41.0 Å². The summed E-state index contributed by atoms with van der Waals surface area (Å²) in [6.45, 7) is 15.4. The Labute approximate surface area is 112 Å². The summed E-state index contributed by atoms with van der Waals surface area (Å²) in [5, 5.41) is 3.36. The van der Waals surface area contributed by atoms with Crippen LogP contribution in [0.15, 0.2) is 0 Å². The highest BCUT2D eigenvalue weighted by molar-refractivity contribution is 5.76. The fourth-order valence-electron chi connectivity index (χ4n) is 2.19. The first-order valence-electron chi connectivity index (χ1n) is 7.06. The van der Waals surface area contributed by atoms with Crippen molar-refractivity contribution < 1.29 is 4.79 Å². The average Bonchev–Trinajstić information content (AvgIpc) is 2.27. The Morgan fingerprint density at radius 1 is 1.17 bits per heavy atom. The number of nitrogens with zero attached hydrogens (tertiary/aromatic N) is 2. The third-order valence-corrected chi connectivity index (χ3v) is 3.39. The van der Waals surface area contributed by atoms with E-state index in [9.17, 15) is 4.79 Å². The lowest BCUT2D eigenvalue weighted by molar-refractivity contribution is -0.133. The van der Waals surface area contributed by atoms with Crippen LogP contribution < -0.4 is 5.32 Å². The van der Waals surface area contributed by atoms with Crippen LogP contribution in [0.5, 0.6) is 0 Å². The molecule has 0 radical (unpaired) electrons. The van der Waals surface area contributed by atoms with Crippen molar-refractivity contribution >= 4 is 5.91 Å². The molecule has 18 heavy (non-hydrogen) atoms. The standard InChI is InChI=1S/C14H29N3O/c1-12(2)16-8-10-17(11-9-16)13(18)6-7-15-14(3,4)5/h12,15H,6-11H2,1-5H3. The molecule has 0 saturated carbocycles. The lowest BCUT2D eigenvalue weighted by Crippen LogP contribution is -2.51. The molecular formula is C14H29N3O. The van der Waals surface area contributed by atoms with Crippen LogP contribution in [0.3, 0.4) is 0 Å². The Hall–Kier alpha value is -0.610. The van der Waals surface area contributed by atoms with E-state index in [0.717, 1.165) is 32.7 Å². The van der Waals surface area contributed by atoms with E-state index in [1.807, 2.05) is 4.90 Å². The van der Waals surface area contributed by atoms with Crippen molar-refractivity contribution in [2.45, 2.75) is 52.6 Å². The molecule has 0 atom stereocenters. The number of carbonyl (C=O) groups excluding carboxylic acids is 1. The Morgan fingerprint density at radius 3 is 2.17 bits per heavy atom. The van der Waals surface area contributed by atoms with E-state index in [-0.39, 0.29) is 11.4 Å². The molecule has 4 heteroatoms. The van der Waals surface area contributed by atoms with Gasteiger partial charge in [0.15, 0.2) is 0 Å². The fraction of sp³-hybridized carbons (Fsp3) is 0.929. The van der Waals surface area contributed by atoms with Crippen molar-refractivity contribution in [2.24, 2.45) is 0 Å². The summed E-state index contributed by atoms with van der Waals surface area (Å²) in [6.07, 6.45) is 0.610. The summed E-state index contributed by atoms with van der Waals surface area (Å²) in [5.41, 5.74) is 0.0939. The molecule has 106 valence electrons. The molecule has 1 N–H and O–H groups in total. The summed E-state index contributed by atoms with van der Waals surface area (Å²) < 4.78 is 0. The summed E-state index contributed by atoms with van der Waals surface area (Å²) in [4.78, 5) is 16.5. The molecule has 4 nitrogen and oxygen atoms in total. The van der Waals surface area contributed by atoms with Crippen molar-refractivity contribution in [3.8, 4) is 0 Å². The average molecular weight is 255 g/mol. The third-order valence-electron chi connectivity index (χ3n) is 3.39. The first-order valence-corrected chi connectivity index (χ1v) is 7.06. The van der Waals surface area contributed by atoms with Gasteiger partial charge in [-0.15, -0.1) is 0 Å². The van der Waals surface area contributed by atoms with Crippen molar-refractivity contribution in [1.29, 1.82) is 0 Å². The highest BCUT2D eigenvalue weighted by atomic mass is 16.2. The van der Waals surface area contributed by atoms with Gasteiger partial charge in [0.05, 0.1) is 0 Å². The van der Waals surface area contributed by atoms with Crippen molar-refractivity contribution in [1.82, 2.24) is 15.1 Å². The number of hydrogen-bond donors (Lipinski definition) is 1. The molecular weight excluding hydrogens is 226 g/mol. The second-order valence-electron chi connectivity index (χ2n) is 6.44. The largest absolute Gasteiger partial charge is 0.340 e. The number of nitrogens with one attached hydrogen (secondary N) is 1. The molecule has 1 saturated heterocycles. The van der Waals surface area contributed by atoms with Gasteiger partial charge in [0.2, 0.25) is 5.91 Å². The van der Waals surface area contributed by atoms with Gasteiger partial charge in [-0.25, -0.2) is 0 Å². The van der Waals surface area contributed by atoms with Gasteiger partial charge in [0, 0.05) is 50.7 Å². The maximum absolute atomic E-state index is 12.0. The maximum Gasteiger partial charge on any atom is 0.223 e. The van der Waals surface area contributed by atoms with Crippen molar-refractivity contribution in [3.05, 3.63) is 0 Å². The zero-order valence-corrected chi connectivity index (χ0v) is 12.6. The highest BCUT2D eigenvalue weighted by Crippen LogP contribution is 2.07. The Balaban J connectivity index is 2.24. The molecule has 0 aromatic carbocycles. The molecule has 1 rings (SSSR count). The summed E-state index contributed by atoms with van der Waals surface area (Å²) in [5.74, 6) is 0.287. The first kappa shape index (κ1) is 15.4. The van der Waals surface area contributed by atoms with Crippen LogP contribution in [-0.4, -0.2) is 60.0 Å². The molecule has 1 fully saturated rings. The van der Waals surface area contributed by atoms with Gasteiger partial charge >= 0.3 is 0 Å². The van der Waals surface area contributed by atoms with Crippen LogP contribution >= 0.6 is 0 Å². The van der Waals surface area contributed by atoms with E-state index in [1.54, 1.807) is 0 Å². The summed E-state index contributed by atoms with van der Waals surface area (Å²) >= 11 is 0. The highest BCUT2D eigenvalue weighted by Gasteiger charge is 2.22. The lowest BCUT2D eigenvalue weighted by Gasteiger charge is -2.37. The normalized spacial score (nSPS) is 18.4. The molecule has 0 spiro atoms. The Kier molecular flexibility index (Phi) is 5.60. The molecule has 0 aromatic rings. The van der Waals surface area contributed by atoms with E-state index >= 15 is 0 Å². The molecule has 0 aromatic heterocycles. The summed E-state index contributed by atoms with van der Waals surface area (Å²) in [6, 6.07) is 0.588. The van der Waals surface area contributed by atoms with Crippen molar-refractivity contribution in [2.75, 3.05) is 32.7 Å². The van der Waals surface area contributed by atoms with Gasteiger partial charge in [-0.2, -0.15) is 0 Å². The van der Waals surface area contributed by atoms with Crippen LogP contribution in [0, 0.1) is 0 Å². The zero-order valence-electron chi connectivity index (χ0n) is 12.6. The zero-order chi connectivity index (χ0) is 13.8. The number of piperazine rings is 1. The smallest absolute Gasteiger partial charge is 0.223 e. The lowest BCUT2D eigenvalue weighted by atomic mass is 10.1. The Bertz CT molecular complexity index is 263. The first-order chi connectivity index (χ1) is 8.29. The van der Waals surface area contributed by atoms with Crippen LogP contribution in [0.2, 0.25) is 0 Å². The second-order valence-corrected chi connectivity index (χ2v) is 6.44. The van der Waals surface area contributed by atoms with Crippen LogP contribution in [0.4, 0.5) is 0 Å². The fourth-order valence-corrected chi connectivity index (χ4v) is 2.19. The van der Waals surface area contributed by atoms with Crippen molar-refractivity contribution in [3.63, 3.8) is 0 Å². The molecule has 1 amide bonds. The molecule has 0 aliphatic carbocycles. The van der Waals surface area contributed by atoms with E-state index < -0.39 is 0 Å². The van der Waals surface area contributed by atoms with E-state index in [1.165, 1.54) is 0 Å². The SMILES string of the molecule is CC(C)N1CCN(C(=O)CCNC(C)(C)C)CC1.